The van der Waals surface area contributed by atoms with Crippen molar-refractivity contribution >= 4 is 52.5 Å². The molecule has 0 bridgehead atoms. The number of allylic oxidation sites excluding steroid dienone is 1. The van der Waals surface area contributed by atoms with Crippen molar-refractivity contribution in [3.63, 3.8) is 0 Å². The van der Waals surface area contributed by atoms with Crippen LogP contribution in [0, 0.1) is 0 Å². The van der Waals surface area contributed by atoms with Crippen molar-refractivity contribution in [1.82, 2.24) is 10.2 Å². The van der Waals surface area contributed by atoms with Gasteiger partial charge in [-0.25, -0.2) is 9.59 Å². The molecule has 8 nitrogen and oxygen atoms in total. The van der Waals surface area contributed by atoms with Crippen LogP contribution >= 0.6 is 24.0 Å². The maximum absolute atomic E-state index is 12.9. The summed E-state index contributed by atoms with van der Waals surface area (Å²) in [6.45, 7) is 2.27. The van der Waals surface area contributed by atoms with Gasteiger partial charge in [-0.15, -0.1) is 11.8 Å². The summed E-state index contributed by atoms with van der Waals surface area (Å²) >= 11 is 7.08. The molecule has 0 saturated carbocycles. The number of ether oxygens (including phenoxy) is 2. The van der Waals surface area contributed by atoms with E-state index in [0.29, 0.717) is 34.4 Å². The average Bonchev–Trinajstić information content (AvgIpc) is 2.83. The highest BCUT2D eigenvalue weighted by Gasteiger charge is 2.33. The Morgan fingerprint density at radius 2 is 1.82 bits per heavy atom. The monoisotopic (exact) mass is 500 g/mol. The molecule has 1 aliphatic heterocycles. The smallest absolute Gasteiger partial charge is 0.338 e. The Hall–Kier alpha value is -3.08. The van der Waals surface area contributed by atoms with Gasteiger partial charge in [0.2, 0.25) is 0 Å². The lowest BCUT2D eigenvalue weighted by Crippen LogP contribution is -2.46. The molecule has 1 aliphatic rings. The molecule has 1 atom stereocenters. The van der Waals surface area contributed by atoms with Crippen LogP contribution in [0.1, 0.15) is 18.5 Å². The number of esters is 1. The van der Waals surface area contributed by atoms with E-state index in [1.165, 1.54) is 0 Å². The Morgan fingerprint density at radius 1 is 1.12 bits per heavy atom. The fourth-order valence-electron chi connectivity index (χ4n) is 3.41. The molecular weight excluding hydrogens is 472 g/mol. The third-order valence-electron chi connectivity index (χ3n) is 5.32. The van der Waals surface area contributed by atoms with Crippen LogP contribution in [-0.2, 0) is 14.3 Å². The molecule has 2 amide bonds. The van der Waals surface area contributed by atoms with Crippen molar-refractivity contribution < 1.29 is 19.1 Å². The fraction of sp³-hybridized carbons (Fsp3) is 0.292. The van der Waals surface area contributed by atoms with Crippen molar-refractivity contribution in [2.45, 2.75) is 17.9 Å². The normalized spacial score (nSPS) is 15.6. The number of carbonyl (C=O) groups excluding carboxylic acids is 2. The van der Waals surface area contributed by atoms with Crippen LogP contribution in [0.3, 0.4) is 0 Å². The molecular formula is C24H28N4O4S2. The number of hydrogen-bond acceptors (Lipinski definition) is 6. The van der Waals surface area contributed by atoms with Gasteiger partial charge < -0.3 is 30.3 Å². The van der Waals surface area contributed by atoms with Gasteiger partial charge in [-0.2, -0.15) is 0 Å². The van der Waals surface area contributed by atoms with Gasteiger partial charge in [0, 0.05) is 36.1 Å². The molecule has 3 N–H and O–H groups in total. The molecule has 180 valence electrons. The Labute approximate surface area is 209 Å². The second kappa shape index (κ2) is 11.9. The minimum Gasteiger partial charge on any atom is -0.460 e. The maximum Gasteiger partial charge on any atom is 0.338 e. The number of nitrogens with zero attached hydrogens (tertiary/aromatic N) is 1. The Balaban J connectivity index is 1.79. The summed E-state index contributed by atoms with van der Waals surface area (Å²) in [5.74, 6) is -0.453. The van der Waals surface area contributed by atoms with Gasteiger partial charge in [0.15, 0.2) is 5.11 Å². The van der Waals surface area contributed by atoms with E-state index < -0.39 is 12.0 Å². The molecule has 1 unspecified atom stereocenters. The molecule has 3 rings (SSSR count). The average molecular weight is 501 g/mol. The first-order valence-electron chi connectivity index (χ1n) is 10.6. The number of methoxy groups -OCH3 is 1. The van der Waals surface area contributed by atoms with Crippen LogP contribution in [-0.4, -0.2) is 55.6 Å². The predicted octanol–water partition coefficient (Wildman–Crippen LogP) is 4.38. The van der Waals surface area contributed by atoms with Gasteiger partial charge in [0.1, 0.15) is 6.61 Å². The highest BCUT2D eigenvalue weighted by molar-refractivity contribution is 7.98. The number of urea groups is 1. The summed E-state index contributed by atoms with van der Waals surface area (Å²) in [6, 6.07) is 13.9. The molecule has 2 aromatic rings. The summed E-state index contributed by atoms with van der Waals surface area (Å²) in [7, 11) is 3.33. The molecule has 0 aromatic heterocycles. The van der Waals surface area contributed by atoms with E-state index in [1.807, 2.05) is 49.6 Å². The molecule has 0 radical (unpaired) electrons. The van der Waals surface area contributed by atoms with Gasteiger partial charge in [-0.05, 0) is 67.4 Å². The van der Waals surface area contributed by atoms with E-state index in [9.17, 15) is 9.59 Å². The maximum atomic E-state index is 12.9. The fourth-order valence-corrected chi connectivity index (χ4v) is 4.07. The van der Waals surface area contributed by atoms with Gasteiger partial charge in [0.25, 0.3) is 0 Å². The largest absolute Gasteiger partial charge is 0.460 e. The zero-order valence-corrected chi connectivity index (χ0v) is 21.1. The first-order chi connectivity index (χ1) is 16.3. The van der Waals surface area contributed by atoms with Gasteiger partial charge >= 0.3 is 12.0 Å². The summed E-state index contributed by atoms with van der Waals surface area (Å²) in [4.78, 5) is 28.3. The van der Waals surface area contributed by atoms with Crippen molar-refractivity contribution in [1.29, 1.82) is 0 Å². The Kier molecular flexibility index (Phi) is 8.91. The number of anilines is 2. The van der Waals surface area contributed by atoms with Crippen LogP contribution in [0.25, 0.3) is 0 Å². The zero-order valence-electron chi connectivity index (χ0n) is 19.5. The second-order valence-corrected chi connectivity index (χ2v) is 8.77. The molecule has 0 spiro atoms. The lowest BCUT2D eigenvalue weighted by Gasteiger charge is -2.35. The van der Waals surface area contributed by atoms with Gasteiger partial charge in [-0.3, -0.25) is 0 Å². The van der Waals surface area contributed by atoms with Crippen LogP contribution in [0.2, 0.25) is 0 Å². The molecule has 0 aliphatic carbocycles. The van der Waals surface area contributed by atoms with Crippen LogP contribution < -0.4 is 16.0 Å². The van der Waals surface area contributed by atoms with Gasteiger partial charge in [0.05, 0.1) is 18.2 Å². The Morgan fingerprint density at radius 3 is 2.50 bits per heavy atom. The first kappa shape index (κ1) is 25.5. The van der Waals surface area contributed by atoms with Crippen LogP contribution in [0.5, 0.6) is 0 Å². The number of benzene rings is 2. The number of rotatable bonds is 8. The SMILES string of the molecule is COCCOC(=O)C1=C(C)N(C)C(=S)NC1c1cccc(NC(=O)Nc2ccc(SC)cc2)c1. The van der Waals surface area contributed by atoms with Gasteiger partial charge in [-0.1, -0.05) is 12.1 Å². The van der Waals surface area contributed by atoms with Crippen molar-refractivity contribution in [3.05, 3.63) is 65.4 Å². The van der Waals surface area contributed by atoms with E-state index in [2.05, 4.69) is 16.0 Å². The second-order valence-electron chi connectivity index (χ2n) is 7.50. The van der Waals surface area contributed by atoms with E-state index in [4.69, 9.17) is 21.7 Å². The number of thioether (sulfide) groups is 1. The molecule has 2 aromatic carbocycles. The molecule has 34 heavy (non-hydrogen) atoms. The third kappa shape index (κ3) is 6.28. The molecule has 0 fully saturated rings. The van der Waals surface area contributed by atoms with E-state index >= 15 is 0 Å². The predicted molar refractivity (Wildman–Crippen MR) is 139 cm³/mol. The quantitative estimate of drug-likeness (QED) is 0.213. The van der Waals surface area contributed by atoms with E-state index in [1.54, 1.807) is 43.0 Å². The summed E-state index contributed by atoms with van der Waals surface area (Å²) in [5, 5.41) is 9.35. The number of nitrogens with one attached hydrogen (secondary N) is 3. The Bertz CT molecular complexity index is 1090. The lowest BCUT2D eigenvalue weighted by molar-refractivity contribution is -0.140. The topological polar surface area (TPSA) is 91.9 Å². The lowest BCUT2D eigenvalue weighted by atomic mass is 9.95. The number of amides is 2. The number of carbonyl (C=O) groups is 2. The molecule has 0 saturated heterocycles. The highest BCUT2D eigenvalue weighted by atomic mass is 32.2. The molecule has 1 heterocycles. The van der Waals surface area contributed by atoms with Crippen LogP contribution in [0.4, 0.5) is 16.2 Å². The number of hydrogen-bond donors (Lipinski definition) is 3. The van der Waals surface area contributed by atoms with Crippen molar-refractivity contribution in [3.8, 4) is 0 Å². The minimum atomic E-state index is -0.525. The summed E-state index contributed by atoms with van der Waals surface area (Å²) in [5.41, 5.74) is 3.17. The molecule has 10 heteroatoms. The standard InChI is InChI=1S/C24H28N4O4S2/c1-15-20(22(29)32-13-12-31-3)21(27-24(33)28(15)2)16-6-5-7-18(14-16)26-23(30)25-17-8-10-19(34-4)11-9-17/h5-11,14,21H,12-13H2,1-4H3,(H,27,33)(H2,25,26,30). The third-order valence-corrected chi connectivity index (χ3v) is 6.46. The summed E-state index contributed by atoms with van der Waals surface area (Å²) < 4.78 is 10.4. The van der Waals surface area contributed by atoms with Crippen molar-refractivity contribution in [2.75, 3.05) is 44.3 Å². The first-order valence-corrected chi connectivity index (χ1v) is 12.2. The van der Waals surface area contributed by atoms with E-state index in [0.717, 1.165) is 10.5 Å². The summed E-state index contributed by atoms with van der Waals surface area (Å²) in [6.07, 6.45) is 2.00. The zero-order chi connectivity index (χ0) is 24.7. The number of thiocarbonyl (C=S) groups is 1. The van der Waals surface area contributed by atoms with E-state index in [-0.39, 0.29) is 12.6 Å². The minimum absolute atomic E-state index is 0.146. The van der Waals surface area contributed by atoms with Crippen molar-refractivity contribution in [2.24, 2.45) is 0 Å². The highest BCUT2D eigenvalue weighted by Crippen LogP contribution is 2.32. The van der Waals surface area contributed by atoms with Crippen LogP contribution in [0.15, 0.2) is 64.7 Å².